The van der Waals surface area contributed by atoms with Crippen molar-refractivity contribution >= 4 is 15.9 Å². The molecular weight excluding hydrogens is 318 g/mol. The smallest absolute Gasteiger partial charge is 0.0766 e. The molecule has 2 rings (SSSR count). The second-order valence-electron chi connectivity index (χ2n) is 6.82. The molecule has 20 heavy (non-hydrogen) atoms. The molecule has 0 saturated heterocycles. The van der Waals surface area contributed by atoms with Gasteiger partial charge in [-0.05, 0) is 47.0 Å². The van der Waals surface area contributed by atoms with Crippen LogP contribution >= 0.6 is 15.9 Å². The van der Waals surface area contributed by atoms with E-state index in [4.69, 9.17) is 5.73 Å². The molecule has 0 radical (unpaired) electrons. The number of nitrogens with two attached hydrogens (primary N) is 1. The van der Waals surface area contributed by atoms with Crippen molar-refractivity contribution in [1.82, 2.24) is 9.78 Å². The molecule has 2 unspecified atom stereocenters. The Morgan fingerprint density at radius 1 is 1.45 bits per heavy atom. The molecule has 0 spiro atoms. The van der Waals surface area contributed by atoms with Crippen LogP contribution in [0.25, 0.3) is 0 Å². The van der Waals surface area contributed by atoms with Crippen LogP contribution in [-0.2, 0) is 19.9 Å². The van der Waals surface area contributed by atoms with Crippen LogP contribution in [0.3, 0.4) is 0 Å². The van der Waals surface area contributed by atoms with Crippen LogP contribution in [0.15, 0.2) is 4.47 Å². The molecule has 0 aromatic carbocycles. The highest BCUT2D eigenvalue weighted by molar-refractivity contribution is 9.10. The molecular formula is C15H26BrN3O. The summed E-state index contributed by atoms with van der Waals surface area (Å²) in [7, 11) is 1.97. The summed E-state index contributed by atoms with van der Waals surface area (Å²) in [6.45, 7) is 6.87. The van der Waals surface area contributed by atoms with Gasteiger partial charge in [-0.1, -0.05) is 20.8 Å². The maximum Gasteiger partial charge on any atom is 0.0766 e. The van der Waals surface area contributed by atoms with E-state index in [-0.39, 0.29) is 16.9 Å². The Labute approximate surface area is 129 Å². The number of hydrogen-bond acceptors (Lipinski definition) is 3. The second kappa shape index (κ2) is 5.43. The van der Waals surface area contributed by atoms with Crippen LogP contribution < -0.4 is 5.73 Å². The zero-order valence-electron chi connectivity index (χ0n) is 12.9. The fourth-order valence-electron chi connectivity index (χ4n) is 3.49. The summed E-state index contributed by atoms with van der Waals surface area (Å²) in [5.41, 5.74) is 7.99. The van der Waals surface area contributed by atoms with Gasteiger partial charge in [0.25, 0.3) is 0 Å². The Balaban J connectivity index is 2.35. The van der Waals surface area contributed by atoms with E-state index in [2.05, 4.69) is 41.8 Å². The highest BCUT2D eigenvalue weighted by Crippen LogP contribution is 2.50. The van der Waals surface area contributed by atoms with Gasteiger partial charge < -0.3 is 10.8 Å². The van der Waals surface area contributed by atoms with Gasteiger partial charge in [0, 0.05) is 19.0 Å². The summed E-state index contributed by atoms with van der Waals surface area (Å²) in [5, 5.41) is 15.3. The SMILES string of the molecule is CCc1nn(C)c(CC2(CN)CCC(C)(C)C2O)c1Br. The predicted molar refractivity (Wildman–Crippen MR) is 84.5 cm³/mol. The van der Waals surface area contributed by atoms with Crippen LogP contribution in [0.2, 0.25) is 0 Å². The van der Waals surface area contributed by atoms with E-state index in [1.54, 1.807) is 0 Å². The minimum absolute atomic E-state index is 0.0575. The zero-order chi connectivity index (χ0) is 15.1. The lowest BCUT2D eigenvalue weighted by Crippen LogP contribution is -2.44. The lowest BCUT2D eigenvalue weighted by Gasteiger charge is -2.36. The van der Waals surface area contributed by atoms with E-state index in [1.165, 1.54) is 0 Å². The monoisotopic (exact) mass is 343 g/mol. The molecule has 0 amide bonds. The summed E-state index contributed by atoms with van der Waals surface area (Å²) >= 11 is 3.67. The predicted octanol–water partition coefficient (Wildman–Crippen LogP) is 2.41. The Bertz CT molecular complexity index is 498. The first kappa shape index (κ1) is 16.0. The molecule has 1 aliphatic rings. The number of rotatable bonds is 4. The number of aliphatic hydroxyl groups is 1. The van der Waals surface area contributed by atoms with E-state index < -0.39 is 0 Å². The summed E-state index contributed by atoms with van der Waals surface area (Å²) in [6, 6.07) is 0. The van der Waals surface area contributed by atoms with Crippen molar-refractivity contribution in [2.45, 2.75) is 52.6 Å². The fourth-order valence-corrected chi connectivity index (χ4v) is 4.25. The fraction of sp³-hybridized carbons (Fsp3) is 0.800. The van der Waals surface area contributed by atoms with Crippen molar-refractivity contribution in [3.05, 3.63) is 15.9 Å². The van der Waals surface area contributed by atoms with Crippen molar-refractivity contribution in [3.63, 3.8) is 0 Å². The zero-order valence-corrected chi connectivity index (χ0v) is 14.5. The van der Waals surface area contributed by atoms with Gasteiger partial charge in [-0.15, -0.1) is 0 Å². The van der Waals surface area contributed by atoms with Crippen LogP contribution in [0.5, 0.6) is 0 Å². The van der Waals surface area contributed by atoms with Crippen molar-refractivity contribution in [1.29, 1.82) is 0 Å². The van der Waals surface area contributed by atoms with Gasteiger partial charge in [0.2, 0.25) is 0 Å². The van der Waals surface area contributed by atoms with Gasteiger partial charge in [0.15, 0.2) is 0 Å². The third kappa shape index (κ3) is 2.44. The average Bonchev–Trinajstić information content (AvgIpc) is 2.81. The largest absolute Gasteiger partial charge is 0.392 e. The Hall–Kier alpha value is -0.390. The lowest BCUT2D eigenvalue weighted by atomic mass is 9.75. The lowest BCUT2D eigenvalue weighted by molar-refractivity contribution is -0.00553. The standard InChI is InChI=1S/C15H26BrN3O/c1-5-10-12(16)11(19(4)18-10)8-15(9-17)7-6-14(2,3)13(15)20/h13,20H,5-9,17H2,1-4H3. The molecule has 1 heterocycles. The minimum Gasteiger partial charge on any atom is -0.392 e. The molecule has 1 fully saturated rings. The topological polar surface area (TPSA) is 64.1 Å². The van der Waals surface area contributed by atoms with Crippen LogP contribution in [0.4, 0.5) is 0 Å². The summed E-state index contributed by atoms with van der Waals surface area (Å²) in [4.78, 5) is 0. The molecule has 1 saturated carbocycles. The third-order valence-corrected chi connectivity index (χ3v) is 5.93. The molecule has 5 heteroatoms. The number of aryl methyl sites for hydroxylation is 2. The highest BCUT2D eigenvalue weighted by Gasteiger charge is 2.51. The van der Waals surface area contributed by atoms with E-state index in [0.29, 0.717) is 6.54 Å². The van der Waals surface area contributed by atoms with Gasteiger partial charge in [0.05, 0.1) is 22.0 Å². The molecule has 1 aromatic rings. The normalized spacial score (nSPS) is 29.1. The van der Waals surface area contributed by atoms with Gasteiger partial charge in [-0.25, -0.2) is 0 Å². The summed E-state index contributed by atoms with van der Waals surface area (Å²) < 4.78 is 3.01. The minimum atomic E-state index is -0.369. The number of nitrogens with zero attached hydrogens (tertiary/aromatic N) is 2. The Morgan fingerprint density at radius 3 is 2.50 bits per heavy atom. The molecule has 1 aromatic heterocycles. The number of hydrogen-bond donors (Lipinski definition) is 2. The van der Waals surface area contributed by atoms with Gasteiger partial charge in [-0.3, -0.25) is 4.68 Å². The summed E-state index contributed by atoms with van der Waals surface area (Å²) in [6.07, 6.45) is 3.29. The molecule has 0 aliphatic heterocycles. The van der Waals surface area contributed by atoms with Gasteiger partial charge in [-0.2, -0.15) is 5.10 Å². The molecule has 4 nitrogen and oxygen atoms in total. The van der Waals surface area contributed by atoms with Crippen LogP contribution in [0.1, 0.15) is 45.0 Å². The first-order chi connectivity index (χ1) is 9.27. The highest BCUT2D eigenvalue weighted by atomic mass is 79.9. The van der Waals surface area contributed by atoms with E-state index in [9.17, 15) is 5.11 Å². The maximum absolute atomic E-state index is 10.7. The van der Waals surface area contributed by atoms with E-state index in [1.807, 2.05) is 11.7 Å². The van der Waals surface area contributed by atoms with Crippen molar-refractivity contribution in [3.8, 4) is 0 Å². The third-order valence-electron chi connectivity index (χ3n) is 5.02. The second-order valence-corrected chi connectivity index (χ2v) is 7.61. The van der Waals surface area contributed by atoms with E-state index in [0.717, 1.165) is 41.5 Å². The average molecular weight is 344 g/mol. The number of halogens is 1. The first-order valence-corrected chi connectivity index (χ1v) is 8.15. The van der Waals surface area contributed by atoms with E-state index >= 15 is 0 Å². The van der Waals surface area contributed by atoms with Crippen LogP contribution in [0, 0.1) is 10.8 Å². The molecule has 1 aliphatic carbocycles. The first-order valence-electron chi connectivity index (χ1n) is 7.36. The molecule has 114 valence electrons. The van der Waals surface area contributed by atoms with Gasteiger partial charge in [0.1, 0.15) is 0 Å². The summed E-state index contributed by atoms with van der Waals surface area (Å²) in [5.74, 6) is 0. The van der Waals surface area contributed by atoms with Crippen LogP contribution in [-0.4, -0.2) is 27.5 Å². The number of aromatic nitrogens is 2. The van der Waals surface area contributed by atoms with Crippen molar-refractivity contribution < 1.29 is 5.11 Å². The van der Waals surface area contributed by atoms with Gasteiger partial charge >= 0.3 is 0 Å². The quantitative estimate of drug-likeness (QED) is 0.882. The maximum atomic E-state index is 10.7. The Kier molecular flexibility index (Phi) is 4.34. The Morgan fingerprint density at radius 2 is 2.10 bits per heavy atom. The molecule has 3 N–H and O–H groups in total. The molecule has 0 bridgehead atoms. The van der Waals surface area contributed by atoms with Crippen molar-refractivity contribution in [2.24, 2.45) is 23.6 Å². The molecule has 2 atom stereocenters. The number of aliphatic hydroxyl groups excluding tert-OH is 1. The van der Waals surface area contributed by atoms with Crippen molar-refractivity contribution in [2.75, 3.05) is 6.54 Å².